The summed E-state index contributed by atoms with van der Waals surface area (Å²) in [4.78, 5) is 3.13. The molecule has 0 spiro atoms. The number of alkyl halides is 3. The van der Waals surface area contributed by atoms with Crippen molar-refractivity contribution < 1.29 is 17.6 Å². The summed E-state index contributed by atoms with van der Waals surface area (Å²) in [5, 5.41) is -0.384. The minimum Gasteiger partial charge on any atom is -0.212 e. The summed E-state index contributed by atoms with van der Waals surface area (Å²) in [7, 11) is 0. The van der Waals surface area contributed by atoms with Crippen molar-refractivity contribution >= 4 is 34.4 Å². The third kappa shape index (κ3) is 3.67. The van der Waals surface area contributed by atoms with E-state index in [2.05, 4.69) is 4.98 Å². The van der Waals surface area contributed by atoms with Crippen LogP contribution >= 0.6 is 34.4 Å². The van der Waals surface area contributed by atoms with E-state index in [4.69, 9.17) is 0 Å². The van der Waals surface area contributed by atoms with Gasteiger partial charge in [-0.2, -0.15) is 17.6 Å². The van der Waals surface area contributed by atoms with Crippen LogP contribution in [-0.2, 0) is 0 Å². The van der Waals surface area contributed by atoms with Crippen LogP contribution < -0.4 is 0 Å². The molecule has 0 bridgehead atoms. The summed E-state index contributed by atoms with van der Waals surface area (Å²) in [6, 6.07) is 2.37. The van der Waals surface area contributed by atoms with Crippen LogP contribution in [0.5, 0.6) is 0 Å². The Kier molecular flexibility index (Phi) is 3.38. The van der Waals surface area contributed by atoms with Crippen molar-refractivity contribution in [1.82, 2.24) is 4.98 Å². The van der Waals surface area contributed by atoms with Gasteiger partial charge < -0.3 is 0 Å². The lowest BCUT2D eigenvalue weighted by molar-refractivity contribution is -0.0329. The monoisotopic (exact) mass is 323 g/mol. The van der Waals surface area contributed by atoms with Gasteiger partial charge in [0.25, 0.3) is 0 Å². The summed E-state index contributed by atoms with van der Waals surface area (Å²) in [6.45, 7) is 0. The molecule has 1 rings (SSSR count). The second-order valence-corrected chi connectivity index (χ2v) is 4.22. The quantitative estimate of drug-likeness (QED) is 0.340. The number of aromatic nitrogens is 1. The van der Waals surface area contributed by atoms with Crippen LogP contribution in [0.3, 0.4) is 0 Å². The number of halogens is 5. The topological polar surface area (TPSA) is 12.9 Å². The first-order valence-electron chi connectivity index (χ1n) is 2.96. The van der Waals surface area contributed by atoms with E-state index in [0.717, 1.165) is 6.07 Å². The van der Waals surface area contributed by atoms with Gasteiger partial charge in [0.05, 0.1) is 3.57 Å². The van der Waals surface area contributed by atoms with Crippen molar-refractivity contribution in [3.05, 3.63) is 21.7 Å². The van der Waals surface area contributed by atoms with Crippen molar-refractivity contribution in [3.8, 4) is 0 Å². The normalized spacial score (nSPS) is 11.8. The highest BCUT2D eigenvalue weighted by atomic mass is 127. The van der Waals surface area contributed by atoms with Crippen LogP contribution in [0.15, 0.2) is 17.2 Å². The maximum absolute atomic E-state index is 12.7. The third-order valence-corrected chi connectivity index (χ3v) is 2.47. The molecule has 72 valence electrons. The summed E-state index contributed by atoms with van der Waals surface area (Å²) >= 11 is 1.22. The van der Waals surface area contributed by atoms with Crippen LogP contribution in [0.4, 0.5) is 17.6 Å². The van der Waals surface area contributed by atoms with Crippen molar-refractivity contribution in [2.24, 2.45) is 0 Å². The first-order chi connectivity index (χ1) is 5.88. The number of hydrogen-bond donors (Lipinski definition) is 0. The van der Waals surface area contributed by atoms with Gasteiger partial charge in [0.15, 0.2) is 0 Å². The Morgan fingerprint density at radius 3 is 2.38 bits per heavy atom. The predicted octanol–water partition coefficient (Wildman–Crippen LogP) is 3.44. The first-order valence-corrected chi connectivity index (χ1v) is 4.86. The molecule has 1 heterocycles. The lowest BCUT2D eigenvalue weighted by Gasteiger charge is -2.04. The molecule has 13 heavy (non-hydrogen) atoms. The molecule has 0 radical (unpaired) electrons. The Hall–Kier alpha value is -0.0500. The van der Waals surface area contributed by atoms with Gasteiger partial charge in [-0.3, -0.25) is 0 Å². The summed E-state index contributed by atoms with van der Waals surface area (Å²) in [5.74, 6) is -0.880. The van der Waals surface area contributed by atoms with Crippen LogP contribution in [0.2, 0.25) is 0 Å². The smallest absolute Gasteiger partial charge is 0.212 e. The molecule has 0 unspecified atom stereocenters. The minimum absolute atomic E-state index is 0.198. The molecule has 0 N–H and O–H groups in total. The predicted molar refractivity (Wildman–Crippen MR) is 48.8 cm³/mol. The largest absolute Gasteiger partial charge is 0.447 e. The Balaban J connectivity index is 2.86. The van der Waals surface area contributed by atoms with Crippen molar-refractivity contribution in [1.29, 1.82) is 0 Å². The zero-order chi connectivity index (χ0) is 10.1. The van der Waals surface area contributed by atoms with Crippen LogP contribution in [0.1, 0.15) is 0 Å². The van der Waals surface area contributed by atoms with Crippen LogP contribution in [-0.4, -0.2) is 10.5 Å². The van der Waals surface area contributed by atoms with Gasteiger partial charge in [0.2, 0.25) is 5.95 Å². The fraction of sp³-hybridized carbons (Fsp3) is 0.167. The maximum atomic E-state index is 12.7. The van der Waals surface area contributed by atoms with Gasteiger partial charge in [0.1, 0.15) is 5.03 Å². The SMILES string of the molecule is Fc1nc(SC(F)(F)F)ccc1I. The molecule has 0 atom stereocenters. The fourth-order valence-corrected chi connectivity index (χ4v) is 1.38. The van der Waals surface area contributed by atoms with E-state index < -0.39 is 23.2 Å². The second kappa shape index (κ2) is 3.99. The van der Waals surface area contributed by atoms with E-state index >= 15 is 0 Å². The van der Waals surface area contributed by atoms with Crippen LogP contribution in [0, 0.1) is 9.52 Å². The first kappa shape index (κ1) is 11.0. The molecule has 1 aromatic heterocycles. The number of pyridine rings is 1. The second-order valence-electron chi connectivity index (χ2n) is 1.97. The Bertz CT molecular complexity index is 314. The third-order valence-electron chi connectivity index (χ3n) is 0.998. The Labute approximate surface area is 89.1 Å². The Morgan fingerprint density at radius 2 is 1.92 bits per heavy atom. The van der Waals surface area contributed by atoms with Gasteiger partial charge in [-0.1, -0.05) is 0 Å². The van der Waals surface area contributed by atoms with Crippen molar-refractivity contribution in [2.45, 2.75) is 10.5 Å². The van der Waals surface area contributed by atoms with Crippen molar-refractivity contribution in [2.75, 3.05) is 0 Å². The van der Waals surface area contributed by atoms with Gasteiger partial charge in [-0.05, 0) is 34.7 Å². The van der Waals surface area contributed by atoms with Crippen LogP contribution in [0.25, 0.3) is 0 Å². The maximum Gasteiger partial charge on any atom is 0.447 e. The van der Waals surface area contributed by atoms with E-state index in [1.54, 1.807) is 22.6 Å². The van der Waals surface area contributed by atoms with E-state index in [1.807, 2.05) is 0 Å². The zero-order valence-corrected chi connectivity index (χ0v) is 8.87. The zero-order valence-electron chi connectivity index (χ0n) is 5.90. The van der Waals surface area contributed by atoms with E-state index in [-0.39, 0.29) is 8.60 Å². The number of thioether (sulfide) groups is 1. The molecule has 0 aliphatic rings. The highest BCUT2D eigenvalue weighted by Gasteiger charge is 2.30. The van der Waals surface area contributed by atoms with E-state index in [0.29, 0.717) is 0 Å². The van der Waals surface area contributed by atoms with Gasteiger partial charge >= 0.3 is 5.51 Å². The standard InChI is InChI=1S/C6H2F4INS/c7-5-3(11)1-2-4(12-5)13-6(8,9)10/h1-2H. The molecular formula is C6H2F4INS. The highest BCUT2D eigenvalue weighted by molar-refractivity contribution is 14.1. The minimum atomic E-state index is -4.42. The molecule has 0 aliphatic heterocycles. The number of hydrogen-bond acceptors (Lipinski definition) is 2. The van der Waals surface area contributed by atoms with E-state index in [1.165, 1.54) is 6.07 Å². The average Bonchev–Trinajstić information content (AvgIpc) is 1.94. The van der Waals surface area contributed by atoms with E-state index in [9.17, 15) is 17.6 Å². The molecule has 1 aromatic rings. The molecule has 7 heteroatoms. The number of nitrogens with zero attached hydrogens (tertiary/aromatic N) is 1. The molecule has 1 nitrogen and oxygen atoms in total. The average molecular weight is 323 g/mol. The van der Waals surface area contributed by atoms with Crippen molar-refractivity contribution in [3.63, 3.8) is 0 Å². The summed E-state index contributed by atoms with van der Waals surface area (Å²) in [5.41, 5.74) is -4.42. The molecule has 0 aliphatic carbocycles. The lowest BCUT2D eigenvalue weighted by atomic mass is 10.5. The summed E-state index contributed by atoms with van der Waals surface area (Å²) < 4.78 is 48.2. The molecular weight excluding hydrogens is 321 g/mol. The summed E-state index contributed by atoms with van der Waals surface area (Å²) in [6.07, 6.45) is 0. The lowest BCUT2D eigenvalue weighted by Crippen LogP contribution is -2.01. The molecule has 0 saturated heterocycles. The molecule has 0 saturated carbocycles. The van der Waals surface area contributed by atoms with Gasteiger partial charge in [-0.15, -0.1) is 0 Å². The highest BCUT2D eigenvalue weighted by Crippen LogP contribution is 2.35. The number of rotatable bonds is 1. The molecule has 0 amide bonds. The van der Waals surface area contributed by atoms with Gasteiger partial charge in [0, 0.05) is 11.8 Å². The Morgan fingerprint density at radius 1 is 1.31 bits per heavy atom. The van der Waals surface area contributed by atoms with Gasteiger partial charge in [-0.25, -0.2) is 4.98 Å². The molecule has 0 aromatic carbocycles. The fourth-order valence-electron chi connectivity index (χ4n) is 0.576. The molecule has 0 fully saturated rings.